The zero-order chi connectivity index (χ0) is 36.1. The zero-order valence-electron chi connectivity index (χ0n) is 31.4. The molecule has 2 heterocycles. The average molecular weight is 705 g/mol. The molecule has 0 aromatic rings. The van der Waals surface area contributed by atoms with Crippen LogP contribution in [0.3, 0.4) is 0 Å². The Morgan fingerprint density at radius 3 is 2.44 bits per heavy atom. The number of esters is 1. The molecule has 7 rings (SSSR count). The summed E-state index contributed by atoms with van der Waals surface area (Å²) in [5.41, 5.74) is 0.304. The van der Waals surface area contributed by atoms with Crippen LogP contribution in [0.4, 0.5) is 0 Å². The number of amides is 2. The highest BCUT2D eigenvalue weighted by Gasteiger charge is 2.58. The van der Waals surface area contributed by atoms with Crippen LogP contribution in [0, 0.1) is 52.8 Å². The topological polar surface area (TPSA) is 150 Å². The first-order valence-corrected chi connectivity index (χ1v) is 19.4. The number of carbonyl (C=O) groups is 3. The van der Waals surface area contributed by atoms with Crippen LogP contribution in [0.25, 0.3) is 0 Å². The van der Waals surface area contributed by atoms with Crippen molar-refractivity contribution in [3.63, 3.8) is 0 Å². The molecule has 284 valence electrons. The molecule has 0 spiro atoms. The number of aliphatic hydroxyl groups excluding tert-OH is 2. The van der Waals surface area contributed by atoms with E-state index in [0.29, 0.717) is 42.7 Å². The van der Waals surface area contributed by atoms with Crippen LogP contribution < -0.4 is 10.6 Å². The normalized spacial score (nSPS) is 43.6. The van der Waals surface area contributed by atoms with Gasteiger partial charge in [-0.1, -0.05) is 27.2 Å². The Hall–Kier alpha value is -1.83. The minimum Gasteiger partial charge on any atom is -0.464 e. The van der Waals surface area contributed by atoms with Crippen molar-refractivity contribution < 1.29 is 38.9 Å². The van der Waals surface area contributed by atoms with Crippen LogP contribution >= 0.6 is 0 Å². The van der Waals surface area contributed by atoms with Gasteiger partial charge in [0, 0.05) is 49.9 Å². The molecule has 5 saturated carbocycles. The van der Waals surface area contributed by atoms with Gasteiger partial charge in [-0.25, -0.2) is 4.79 Å². The standard InChI is InChI=1S/C38H64N4O8/c1-20-28-16-25(38(28,3)4)17-30(20)40-36(46)33-32(21(2)44)31(19-43)50-42(33)18-22-9-8-10-27(34(22)48-7)23-13-24(15-26(14-23)41(5)6)35(45)39-29-11-12-49-37(29)47/h20-34,43-44H,8-19H2,1-7H3,(H,39,45)(H,40,46)/t20-,21-,22?,23?,24?,25+,26?,27?,28-,29-,30-,31-,32-,33-,34?/m0/s1. The Kier molecular flexibility index (Phi) is 11.6. The highest BCUT2D eigenvalue weighted by atomic mass is 16.7. The molecule has 0 radical (unpaired) electrons. The van der Waals surface area contributed by atoms with Crippen molar-refractivity contribution in [2.75, 3.05) is 41.0 Å². The van der Waals surface area contributed by atoms with E-state index in [1.165, 1.54) is 6.42 Å². The first kappa shape index (κ1) is 37.9. The quantitative estimate of drug-likeness (QED) is 0.236. The number of ether oxygens (including phenoxy) is 2. The summed E-state index contributed by atoms with van der Waals surface area (Å²) in [6.07, 6.45) is 6.37. The first-order valence-electron chi connectivity index (χ1n) is 19.4. The van der Waals surface area contributed by atoms with Crippen LogP contribution in [0.5, 0.6) is 0 Å². The van der Waals surface area contributed by atoms with E-state index in [-0.39, 0.29) is 66.2 Å². The van der Waals surface area contributed by atoms with Crippen molar-refractivity contribution >= 4 is 17.8 Å². The second-order valence-corrected chi connectivity index (χ2v) is 17.6. The van der Waals surface area contributed by atoms with Crippen molar-refractivity contribution in [1.82, 2.24) is 20.6 Å². The molecule has 12 nitrogen and oxygen atoms in total. The molecule has 0 aromatic carbocycles. The van der Waals surface area contributed by atoms with E-state index in [4.69, 9.17) is 14.3 Å². The zero-order valence-corrected chi connectivity index (χ0v) is 31.4. The van der Waals surface area contributed by atoms with Gasteiger partial charge in [0.15, 0.2) is 0 Å². The second-order valence-electron chi connectivity index (χ2n) is 17.6. The van der Waals surface area contributed by atoms with Crippen LogP contribution in [0.15, 0.2) is 0 Å². The molecular weight excluding hydrogens is 640 g/mol. The molecule has 12 heteroatoms. The van der Waals surface area contributed by atoms with Crippen molar-refractivity contribution in [2.24, 2.45) is 52.8 Å². The van der Waals surface area contributed by atoms with E-state index in [1.54, 1.807) is 19.1 Å². The maximum absolute atomic E-state index is 14.2. The van der Waals surface area contributed by atoms with Crippen LogP contribution in [0.1, 0.15) is 85.5 Å². The third-order valence-corrected chi connectivity index (χ3v) is 14.4. The molecule has 2 aliphatic heterocycles. The van der Waals surface area contributed by atoms with Crippen LogP contribution in [0.2, 0.25) is 0 Å². The molecule has 7 fully saturated rings. The monoisotopic (exact) mass is 704 g/mol. The lowest BCUT2D eigenvalue weighted by Crippen LogP contribution is -2.62. The number of hydrogen-bond donors (Lipinski definition) is 4. The molecular formula is C38H64N4O8. The van der Waals surface area contributed by atoms with E-state index in [0.717, 1.165) is 44.9 Å². The summed E-state index contributed by atoms with van der Waals surface area (Å²) >= 11 is 0. The molecule has 5 aliphatic carbocycles. The summed E-state index contributed by atoms with van der Waals surface area (Å²) in [6, 6.07) is -0.991. The molecule has 6 unspecified atom stereocenters. The number of methoxy groups -OCH3 is 1. The van der Waals surface area contributed by atoms with Gasteiger partial charge in [0.25, 0.3) is 0 Å². The molecule has 15 atom stereocenters. The van der Waals surface area contributed by atoms with Gasteiger partial charge in [-0.05, 0) is 101 Å². The number of cyclic esters (lactones) is 1. The van der Waals surface area contributed by atoms with Gasteiger partial charge in [-0.3, -0.25) is 14.4 Å². The summed E-state index contributed by atoms with van der Waals surface area (Å²) in [5.74, 6) is 0.724. The number of fused-ring (bicyclic) bond motifs is 2. The van der Waals surface area contributed by atoms with Crippen LogP contribution in [-0.4, -0.2) is 121 Å². The van der Waals surface area contributed by atoms with Crippen molar-refractivity contribution in [3.05, 3.63) is 0 Å². The van der Waals surface area contributed by atoms with E-state index < -0.39 is 30.2 Å². The van der Waals surface area contributed by atoms with Gasteiger partial charge in [0.2, 0.25) is 11.8 Å². The highest BCUT2D eigenvalue weighted by Crippen LogP contribution is 2.61. The lowest BCUT2D eigenvalue weighted by Gasteiger charge is -2.62. The van der Waals surface area contributed by atoms with Crippen LogP contribution in [-0.2, 0) is 28.7 Å². The third kappa shape index (κ3) is 7.23. The minimum atomic E-state index is -0.847. The maximum Gasteiger partial charge on any atom is 0.328 e. The minimum absolute atomic E-state index is 0.0588. The largest absolute Gasteiger partial charge is 0.464 e. The second kappa shape index (κ2) is 15.3. The Balaban J connectivity index is 1.17. The predicted octanol–water partition coefficient (Wildman–Crippen LogP) is 2.36. The average Bonchev–Trinajstić information content (AvgIpc) is 3.67. The number of rotatable bonds is 11. The summed E-state index contributed by atoms with van der Waals surface area (Å²) in [5, 5.41) is 29.4. The van der Waals surface area contributed by atoms with Gasteiger partial charge in [-0.15, -0.1) is 0 Å². The molecule has 50 heavy (non-hydrogen) atoms. The van der Waals surface area contributed by atoms with E-state index in [9.17, 15) is 24.6 Å². The van der Waals surface area contributed by atoms with E-state index in [1.807, 2.05) is 0 Å². The van der Waals surface area contributed by atoms with E-state index in [2.05, 4.69) is 50.4 Å². The molecule has 2 amide bonds. The highest BCUT2D eigenvalue weighted by molar-refractivity contribution is 5.86. The predicted molar refractivity (Wildman–Crippen MR) is 186 cm³/mol. The molecule has 0 aromatic heterocycles. The Bertz CT molecular complexity index is 1230. The van der Waals surface area contributed by atoms with Gasteiger partial charge < -0.3 is 35.2 Å². The smallest absolute Gasteiger partial charge is 0.328 e. The molecule has 2 bridgehead atoms. The Labute approximate surface area is 298 Å². The Morgan fingerprint density at radius 1 is 1.08 bits per heavy atom. The summed E-state index contributed by atoms with van der Waals surface area (Å²) in [7, 11) is 5.90. The summed E-state index contributed by atoms with van der Waals surface area (Å²) in [4.78, 5) is 48.5. The SMILES string of the molecule is COC1C(CN2O[C@@H](CO)[C@H]([C@H](C)O)[C@H]2C(=O)N[C@H]2C[C@H]3C[C@@H]([C@@H]2C)C3(C)C)CCCC1C1CC(C(=O)N[C@H]2CCOC2=O)CC(N(C)C)C1. The summed E-state index contributed by atoms with van der Waals surface area (Å²) < 4.78 is 11.4. The van der Waals surface area contributed by atoms with Crippen molar-refractivity contribution in [3.8, 4) is 0 Å². The maximum atomic E-state index is 14.2. The fourth-order valence-corrected chi connectivity index (χ4v) is 11.3. The van der Waals surface area contributed by atoms with Gasteiger partial charge >= 0.3 is 5.97 Å². The molecule has 2 saturated heterocycles. The van der Waals surface area contributed by atoms with Crippen molar-refractivity contribution in [1.29, 1.82) is 0 Å². The number of hydrogen-bond acceptors (Lipinski definition) is 10. The van der Waals surface area contributed by atoms with E-state index >= 15 is 0 Å². The van der Waals surface area contributed by atoms with Crippen molar-refractivity contribution in [2.45, 2.75) is 128 Å². The number of carbonyl (C=O) groups excluding carboxylic acids is 3. The fraction of sp³-hybridized carbons (Fsp3) is 0.921. The number of nitrogens with one attached hydrogen (secondary N) is 2. The third-order valence-electron chi connectivity index (χ3n) is 14.4. The lowest BCUT2D eigenvalue weighted by molar-refractivity contribution is -0.193. The number of hydroxylamine groups is 2. The van der Waals surface area contributed by atoms with Gasteiger partial charge in [0.05, 0.1) is 25.4 Å². The molecule has 4 N–H and O–H groups in total. The Morgan fingerprint density at radius 2 is 1.84 bits per heavy atom. The first-order chi connectivity index (χ1) is 23.7. The van der Waals surface area contributed by atoms with Gasteiger partial charge in [-0.2, -0.15) is 5.06 Å². The van der Waals surface area contributed by atoms with Gasteiger partial charge in [0.1, 0.15) is 18.2 Å². The fourth-order valence-electron chi connectivity index (χ4n) is 11.3. The number of aliphatic hydroxyl groups is 2. The summed E-state index contributed by atoms with van der Waals surface area (Å²) in [6.45, 7) is 9.14. The number of nitrogens with zero attached hydrogens (tertiary/aromatic N) is 2. The lowest BCUT2D eigenvalue weighted by atomic mass is 9.45. The molecule has 7 aliphatic rings.